The maximum Gasteiger partial charge on any atom is 0.341 e. The van der Waals surface area contributed by atoms with E-state index >= 15 is 0 Å². The first kappa shape index (κ1) is 37.8. The van der Waals surface area contributed by atoms with E-state index in [1.807, 2.05) is 0 Å². The molecule has 16 nitrogen and oxygen atoms in total. The van der Waals surface area contributed by atoms with Gasteiger partial charge in [0.25, 0.3) is 0 Å². The molecule has 3 aliphatic heterocycles. The second-order valence-corrected chi connectivity index (χ2v) is 12.2. The van der Waals surface area contributed by atoms with Crippen molar-refractivity contribution < 1.29 is 73.9 Å². The van der Waals surface area contributed by atoms with E-state index in [9.17, 15) is 45.3 Å². The number of aliphatic hydroxyl groups is 6. The number of aliphatic hydroxyl groups excluding tert-OH is 3. The number of hydrogen-bond acceptors (Lipinski definition) is 14. The van der Waals surface area contributed by atoms with Crippen molar-refractivity contribution in [1.82, 2.24) is 5.32 Å². The molecule has 0 aromatic heterocycles. The summed E-state index contributed by atoms with van der Waals surface area (Å²) in [5, 5.41) is 75.9. The third-order valence-corrected chi connectivity index (χ3v) is 8.83. The predicted molar refractivity (Wildman–Crippen MR) is 164 cm³/mol. The van der Waals surface area contributed by atoms with Crippen molar-refractivity contribution >= 4 is 11.9 Å². The van der Waals surface area contributed by atoms with E-state index in [0.29, 0.717) is 23.3 Å². The normalized spacial score (nSPS) is 34.1. The molecular weight excluding hydrogens is 636 g/mol. The molecule has 2 fully saturated rings. The first-order valence-corrected chi connectivity index (χ1v) is 15.9. The molecule has 1 saturated heterocycles. The largest absolute Gasteiger partial charge is 0.477 e. The Morgan fingerprint density at radius 1 is 1.17 bits per heavy atom. The summed E-state index contributed by atoms with van der Waals surface area (Å²) in [6.45, 7) is 3.04. The zero-order chi connectivity index (χ0) is 35.1. The fourth-order valence-corrected chi connectivity index (χ4v) is 6.23. The summed E-state index contributed by atoms with van der Waals surface area (Å²) in [5.41, 5.74) is -2.11. The van der Waals surface area contributed by atoms with Gasteiger partial charge in [-0.2, -0.15) is 0 Å². The summed E-state index contributed by atoms with van der Waals surface area (Å²) in [6, 6.07) is 0. The molecule has 0 spiro atoms. The van der Waals surface area contributed by atoms with Crippen LogP contribution in [0.25, 0.3) is 0 Å². The number of hydrogen-bond donors (Lipinski definition) is 9. The molecule has 9 N–H and O–H groups in total. The molecule has 16 heteroatoms. The zero-order valence-electron chi connectivity index (χ0n) is 26.8. The van der Waals surface area contributed by atoms with Gasteiger partial charge in [-0.1, -0.05) is 18.6 Å². The van der Waals surface area contributed by atoms with Gasteiger partial charge in [0, 0.05) is 5.57 Å². The molecule has 0 radical (unpaired) electrons. The Kier molecular flexibility index (Phi) is 13.1. The first-order chi connectivity index (χ1) is 22.9. The van der Waals surface area contributed by atoms with Crippen molar-refractivity contribution in [2.75, 3.05) is 40.1 Å². The molecule has 4 rings (SSSR count). The number of nitrogens with one attached hydrogen (secondary N) is 2. The first-order valence-electron chi connectivity index (χ1n) is 15.9. The SMILES string of the molecule is C=C[C@H]1[C@H](O[C@@H]2O[C@H](CO)[C@@H](O)C(O)(O)[C@H]2OCNC)OC=C(C(=O)OC2CCCCC2)[C@@]1(O)/C=C/C1=CC(C(=O)O)=C[NH+](CCO)C1. The van der Waals surface area contributed by atoms with Gasteiger partial charge in [0.15, 0.2) is 12.4 Å². The Hall–Kier alpha value is -3.00. The van der Waals surface area contributed by atoms with Crippen LogP contribution in [0.4, 0.5) is 0 Å². The van der Waals surface area contributed by atoms with Gasteiger partial charge in [-0.15, -0.1) is 6.58 Å². The van der Waals surface area contributed by atoms with Gasteiger partial charge < -0.3 is 64.3 Å². The van der Waals surface area contributed by atoms with Crippen LogP contribution in [0, 0.1) is 5.92 Å². The Morgan fingerprint density at radius 2 is 1.90 bits per heavy atom. The number of quaternary nitrogens is 1. The third-order valence-electron chi connectivity index (χ3n) is 8.83. The third kappa shape index (κ3) is 8.40. The van der Waals surface area contributed by atoms with E-state index in [1.165, 1.54) is 37.6 Å². The Labute approximate surface area is 277 Å². The van der Waals surface area contributed by atoms with Crippen LogP contribution in [0.5, 0.6) is 0 Å². The van der Waals surface area contributed by atoms with Gasteiger partial charge in [-0.05, 0) is 44.9 Å². The second kappa shape index (κ2) is 16.6. The standard InChI is InChI=1S/C32H46N2O14/c1-3-22-29(48-30-26(45-18-33-2)32(42,43)25(37)24(16-36)47-30)44-17-23(28(40)46-21-7-5-4-6-8-21)31(22,41)10-9-19-13-20(27(38)39)15-34(14-19)11-12-35/h3,9-10,13,15,17,21-22,24-26,29-30,33,35-37,41-43H,1,4-8,11-12,14,16,18H2,2H3,(H,38,39)/p+1/b10-9+/t22-,24+,25+,26-,29-,30-,31+/m0/s1. The number of esters is 1. The number of carbonyl (C=O) groups is 2. The Balaban J connectivity index is 1.70. The van der Waals surface area contributed by atoms with E-state index in [0.717, 1.165) is 25.5 Å². The quantitative estimate of drug-likeness (QED) is 0.0515. The lowest BCUT2D eigenvalue weighted by molar-refractivity contribution is -0.842. The molecule has 0 amide bonds. The zero-order valence-corrected chi connectivity index (χ0v) is 26.8. The molecular formula is C32H47N2O14+. The van der Waals surface area contributed by atoms with Gasteiger partial charge in [0.1, 0.15) is 60.6 Å². The van der Waals surface area contributed by atoms with Crippen molar-refractivity contribution in [3.05, 3.63) is 60.1 Å². The van der Waals surface area contributed by atoms with E-state index in [2.05, 4.69) is 11.9 Å². The van der Waals surface area contributed by atoms with Gasteiger partial charge >= 0.3 is 11.9 Å². The topological polar surface area (TPSA) is 238 Å². The summed E-state index contributed by atoms with van der Waals surface area (Å²) in [4.78, 5) is 26.1. The van der Waals surface area contributed by atoms with Crippen LogP contribution >= 0.6 is 0 Å². The van der Waals surface area contributed by atoms with Crippen LogP contribution in [0.2, 0.25) is 0 Å². The van der Waals surface area contributed by atoms with Crippen molar-refractivity contribution in [3.63, 3.8) is 0 Å². The lowest BCUT2D eigenvalue weighted by Gasteiger charge is -2.48. The van der Waals surface area contributed by atoms with Gasteiger partial charge in [0.05, 0.1) is 25.9 Å². The molecule has 1 unspecified atom stereocenters. The molecule has 268 valence electrons. The molecule has 3 heterocycles. The molecule has 0 aromatic carbocycles. The molecule has 1 aliphatic carbocycles. The number of carboxylic acid groups (broad SMARTS) is 1. The Bertz CT molecular complexity index is 1280. The average Bonchev–Trinajstić information content (AvgIpc) is 3.06. The van der Waals surface area contributed by atoms with Crippen LogP contribution in [0.15, 0.2) is 60.1 Å². The summed E-state index contributed by atoms with van der Waals surface area (Å²) in [6.07, 6.45) is 3.06. The van der Waals surface area contributed by atoms with Crippen molar-refractivity contribution in [3.8, 4) is 0 Å². The second-order valence-electron chi connectivity index (χ2n) is 12.2. The van der Waals surface area contributed by atoms with Crippen molar-refractivity contribution in [2.45, 2.75) is 80.5 Å². The van der Waals surface area contributed by atoms with E-state index in [1.54, 1.807) is 0 Å². The number of rotatable bonds is 14. The Morgan fingerprint density at radius 3 is 2.52 bits per heavy atom. The molecule has 1 saturated carbocycles. The van der Waals surface area contributed by atoms with Crippen molar-refractivity contribution in [1.29, 1.82) is 0 Å². The van der Waals surface area contributed by atoms with Gasteiger partial charge in [0.2, 0.25) is 12.1 Å². The van der Waals surface area contributed by atoms with Gasteiger partial charge in [-0.3, -0.25) is 5.32 Å². The van der Waals surface area contributed by atoms with E-state index in [-0.39, 0.29) is 43.7 Å². The number of ether oxygens (including phenoxy) is 5. The minimum absolute atomic E-state index is 0.0311. The minimum Gasteiger partial charge on any atom is -0.477 e. The maximum atomic E-state index is 13.6. The number of aliphatic carboxylic acids is 1. The van der Waals surface area contributed by atoms with E-state index in [4.69, 9.17) is 23.7 Å². The van der Waals surface area contributed by atoms with Crippen LogP contribution in [-0.4, -0.2) is 136 Å². The highest BCUT2D eigenvalue weighted by atomic mass is 16.8. The highest BCUT2D eigenvalue weighted by molar-refractivity contribution is 5.92. The summed E-state index contributed by atoms with van der Waals surface area (Å²) in [5.74, 6) is -6.30. The summed E-state index contributed by atoms with van der Waals surface area (Å²) >= 11 is 0. The molecule has 0 aromatic rings. The van der Waals surface area contributed by atoms with Crippen molar-refractivity contribution in [2.24, 2.45) is 5.92 Å². The number of carboxylic acids is 1. The highest BCUT2D eigenvalue weighted by Gasteiger charge is 2.58. The molecule has 0 bridgehead atoms. The van der Waals surface area contributed by atoms with E-state index < -0.39 is 66.7 Å². The maximum absolute atomic E-state index is 13.6. The van der Waals surface area contributed by atoms with Crippen LogP contribution < -0.4 is 10.2 Å². The average molecular weight is 684 g/mol. The minimum atomic E-state index is -2.96. The van der Waals surface area contributed by atoms with Gasteiger partial charge in [-0.25, -0.2) is 9.59 Å². The van der Waals surface area contributed by atoms with Crippen LogP contribution in [-0.2, 0) is 33.3 Å². The molecule has 4 aliphatic rings. The monoisotopic (exact) mass is 683 g/mol. The lowest BCUT2D eigenvalue weighted by atomic mass is 9.78. The summed E-state index contributed by atoms with van der Waals surface area (Å²) < 4.78 is 28.7. The summed E-state index contributed by atoms with van der Waals surface area (Å²) in [7, 11) is 1.52. The highest BCUT2D eigenvalue weighted by Crippen LogP contribution is 2.41. The predicted octanol–water partition coefficient (Wildman–Crippen LogP) is -2.68. The van der Waals surface area contributed by atoms with Crippen LogP contribution in [0.3, 0.4) is 0 Å². The molecule has 8 atom stereocenters. The fraction of sp³-hybridized carbons (Fsp3) is 0.625. The molecule has 48 heavy (non-hydrogen) atoms. The number of carbonyl (C=O) groups excluding carboxylic acids is 1. The van der Waals surface area contributed by atoms with Crippen LogP contribution in [0.1, 0.15) is 32.1 Å². The smallest absolute Gasteiger partial charge is 0.341 e. The fourth-order valence-electron chi connectivity index (χ4n) is 6.23. The lowest BCUT2D eigenvalue weighted by Crippen LogP contribution is -3.08.